The van der Waals surface area contributed by atoms with Gasteiger partial charge in [-0.1, -0.05) is 18.5 Å². The van der Waals surface area contributed by atoms with Crippen LogP contribution in [0.4, 0.5) is 4.39 Å². The standard InChI is InChI=1S/C15H19ClFNO4S/c1-2-10-7-12(15(17)13(16)8-10)14(19)9-18-23(20,21)11-3-5-22-6-4-11/h7-8,11,18H,2-6,9H2,1H3. The van der Waals surface area contributed by atoms with E-state index in [0.717, 1.165) is 0 Å². The fourth-order valence-corrected chi connectivity index (χ4v) is 4.04. The molecule has 2 rings (SSSR count). The van der Waals surface area contributed by atoms with Crippen LogP contribution in [0.2, 0.25) is 5.02 Å². The summed E-state index contributed by atoms with van der Waals surface area (Å²) >= 11 is 5.77. The first-order chi connectivity index (χ1) is 10.8. The summed E-state index contributed by atoms with van der Waals surface area (Å²) in [6.45, 7) is 2.12. The molecule has 1 aliphatic heterocycles. The number of hydrogen-bond donors (Lipinski definition) is 1. The molecule has 128 valence electrons. The van der Waals surface area contributed by atoms with Crippen LogP contribution in [-0.2, 0) is 21.2 Å². The molecule has 1 aromatic rings. The van der Waals surface area contributed by atoms with Crippen LogP contribution in [0.5, 0.6) is 0 Å². The van der Waals surface area contributed by atoms with E-state index in [-0.39, 0.29) is 10.6 Å². The highest BCUT2D eigenvalue weighted by Gasteiger charge is 2.28. The van der Waals surface area contributed by atoms with Crippen LogP contribution in [0, 0.1) is 5.82 Å². The second-order valence-electron chi connectivity index (χ2n) is 5.39. The summed E-state index contributed by atoms with van der Waals surface area (Å²) in [6.07, 6.45) is 1.36. The molecule has 0 radical (unpaired) electrons. The first-order valence-corrected chi connectivity index (χ1v) is 9.35. The number of sulfonamides is 1. The highest BCUT2D eigenvalue weighted by atomic mass is 35.5. The van der Waals surface area contributed by atoms with Crippen molar-refractivity contribution in [1.29, 1.82) is 0 Å². The second kappa shape index (κ2) is 7.70. The van der Waals surface area contributed by atoms with E-state index in [1.807, 2.05) is 6.92 Å². The fraction of sp³-hybridized carbons (Fsp3) is 0.533. The Morgan fingerprint density at radius 3 is 2.65 bits per heavy atom. The van der Waals surface area contributed by atoms with Gasteiger partial charge in [-0.3, -0.25) is 4.79 Å². The predicted molar refractivity (Wildman–Crippen MR) is 85.9 cm³/mol. The molecule has 0 spiro atoms. The van der Waals surface area contributed by atoms with Crippen molar-refractivity contribution >= 4 is 27.4 Å². The number of nitrogens with one attached hydrogen (secondary N) is 1. The number of hydrogen-bond acceptors (Lipinski definition) is 4. The van der Waals surface area contributed by atoms with Gasteiger partial charge in [0.15, 0.2) is 11.6 Å². The van der Waals surface area contributed by atoms with Gasteiger partial charge < -0.3 is 4.74 Å². The number of ether oxygens (including phenoxy) is 1. The SMILES string of the molecule is CCc1cc(Cl)c(F)c(C(=O)CNS(=O)(=O)C2CCOCC2)c1. The lowest BCUT2D eigenvalue weighted by atomic mass is 10.0. The van der Waals surface area contributed by atoms with Gasteiger partial charge in [-0.15, -0.1) is 0 Å². The minimum absolute atomic E-state index is 0.139. The summed E-state index contributed by atoms with van der Waals surface area (Å²) in [5.41, 5.74) is 0.524. The van der Waals surface area contributed by atoms with Crippen LogP contribution in [0.15, 0.2) is 12.1 Å². The van der Waals surface area contributed by atoms with Gasteiger partial charge >= 0.3 is 0 Å². The maximum Gasteiger partial charge on any atom is 0.215 e. The van der Waals surface area contributed by atoms with E-state index in [4.69, 9.17) is 16.3 Å². The van der Waals surface area contributed by atoms with Gasteiger partial charge in [0.1, 0.15) is 0 Å². The maximum absolute atomic E-state index is 14.0. The lowest BCUT2D eigenvalue weighted by molar-refractivity contribution is 0.0974. The molecule has 1 aliphatic rings. The number of ketones is 1. The highest BCUT2D eigenvalue weighted by Crippen LogP contribution is 2.22. The molecule has 1 saturated heterocycles. The average Bonchev–Trinajstić information content (AvgIpc) is 2.56. The monoisotopic (exact) mass is 363 g/mol. The van der Waals surface area contributed by atoms with Gasteiger partial charge in [-0.25, -0.2) is 17.5 Å². The molecule has 0 amide bonds. The Morgan fingerprint density at radius 1 is 1.39 bits per heavy atom. The molecular weight excluding hydrogens is 345 g/mol. The molecule has 0 aliphatic carbocycles. The third-order valence-corrected chi connectivity index (χ3v) is 6.01. The molecule has 1 fully saturated rings. The van der Waals surface area contributed by atoms with E-state index in [1.54, 1.807) is 0 Å². The van der Waals surface area contributed by atoms with Gasteiger partial charge in [0.2, 0.25) is 10.0 Å². The molecular formula is C15H19ClFNO4S. The molecule has 5 nitrogen and oxygen atoms in total. The topological polar surface area (TPSA) is 72.5 Å². The number of carbonyl (C=O) groups excluding carboxylic acids is 1. The largest absolute Gasteiger partial charge is 0.381 e. The van der Waals surface area contributed by atoms with E-state index in [0.29, 0.717) is 38.0 Å². The van der Waals surface area contributed by atoms with Gasteiger partial charge in [0, 0.05) is 13.2 Å². The van der Waals surface area contributed by atoms with E-state index < -0.39 is 33.4 Å². The third-order valence-electron chi connectivity index (χ3n) is 3.84. The summed E-state index contributed by atoms with van der Waals surface area (Å²) in [5, 5.41) is -0.723. The maximum atomic E-state index is 14.0. The quantitative estimate of drug-likeness (QED) is 0.787. The zero-order valence-corrected chi connectivity index (χ0v) is 14.3. The normalized spacial score (nSPS) is 16.5. The number of halogens is 2. The fourth-order valence-electron chi connectivity index (χ4n) is 2.42. The van der Waals surface area contributed by atoms with Crippen LogP contribution >= 0.6 is 11.6 Å². The van der Waals surface area contributed by atoms with Crippen LogP contribution < -0.4 is 4.72 Å². The Labute approximate surface area is 140 Å². The van der Waals surface area contributed by atoms with E-state index in [2.05, 4.69) is 4.72 Å². The first kappa shape index (κ1) is 18.3. The van der Waals surface area contributed by atoms with Crippen LogP contribution in [0.1, 0.15) is 35.7 Å². The van der Waals surface area contributed by atoms with E-state index >= 15 is 0 Å². The summed E-state index contributed by atoms with van der Waals surface area (Å²) in [5.74, 6) is -1.46. The van der Waals surface area contributed by atoms with Crippen molar-refractivity contribution < 1.29 is 22.3 Å². The van der Waals surface area contributed by atoms with Crippen molar-refractivity contribution in [3.05, 3.63) is 34.1 Å². The summed E-state index contributed by atoms with van der Waals surface area (Å²) in [7, 11) is -3.63. The zero-order valence-electron chi connectivity index (χ0n) is 12.8. The predicted octanol–water partition coefficient (Wildman–Crippen LogP) is 2.32. The van der Waals surface area contributed by atoms with Gasteiger partial charge in [-0.2, -0.15) is 0 Å². The van der Waals surface area contributed by atoms with Crippen LogP contribution in [-0.4, -0.2) is 39.2 Å². The Bertz CT molecular complexity index is 687. The lowest BCUT2D eigenvalue weighted by Crippen LogP contribution is -2.40. The molecule has 0 bridgehead atoms. The summed E-state index contributed by atoms with van der Waals surface area (Å²) in [6, 6.07) is 2.87. The molecule has 1 aromatic carbocycles. The Kier molecular flexibility index (Phi) is 6.13. The van der Waals surface area contributed by atoms with Gasteiger partial charge in [0.05, 0.1) is 22.4 Å². The average molecular weight is 364 g/mol. The molecule has 0 aromatic heterocycles. The summed E-state index contributed by atoms with van der Waals surface area (Å²) < 4.78 is 45.7. The number of Topliss-reactive ketones (excluding diaryl/α,β-unsaturated/α-hetero) is 1. The van der Waals surface area contributed by atoms with Crippen molar-refractivity contribution in [1.82, 2.24) is 4.72 Å². The smallest absolute Gasteiger partial charge is 0.215 e. The van der Waals surface area contributed by atoms with Gasteiger partial charge in [0.25, 0.3) is 0 Å². The minimum atomic E-state index is -3.63. The lowest BCUT2D eigenvalue weighted by Gasteiger charge is -2.22. The van der Waals surface area contributed by atoms with Crippen molar-refractivity contribution in [2.24, 2.45) is 0 Å². The first-order valence-electron chi connectivity index (χ1n) is 7.42. The minimum Gasteiger partial charge on any atom is -0.381 e. The number of aryl methyl sites for hydroxylation is 1. The Balaban J connectivity index is 2.09. The molecule has 1 N–H and O–H groups in total. The van der Waals surface area contributed by atoms with Crippen molar-refractivity contribution in [3.8, 4) is 0 Å². The molecule has 23 heavy (non-hydrogen) atoms. The molecule has 1 heterocycles. The number of rotatable bonds is 6. The second-order valence-corrected chi connectivity index (χ2v) is 7.85. The molecule has 0 atom stereocenters. The molecule has 0 unspecified atom stereocenters. The van der Waals surface area contributed by atoms with Crippen LogP contribution in [0.3, 0.4) is 0 Å². The summed E-state index contributed by atoms with van der Waals surface area (Å²) in [4.78, 5) is 12.2. The van der Waals surface area contributed by atoms with Crippen molar-refractivity contribution in [2.45, 2.75) is 31.4 Å². The number of carbonyl (C=O) groups is 1. The highest BCUT2D eigenvalue weighted by molar-refractivity contribution is 7.90. The van der Waals surface area contributed by atoms with Gasteiger partial charge in [-0.05, 0) is 37.0 Å². The molecule has 0 saturated carbocycles. The van der Waals surface area contributed by atoms with E-state index in [9.17, 15) is 17.6 Å². The Hall–Kier alpha value is -1.02. The third kappa shape index (κ3) is 4.50. The molecule has 8 heteroatoms. The Morgan fingerprint density at radius 2 is 2.04 bits per heavy atom. The number of benzene rings is 1. The van der Waals surface area contributed by atoms with Crippen molar-refractivity contribution in [2.75, 3.05) is 19.8 Å². The zero-order chi connectivity index (χ0) is 17.0. The van der Waals surface area contributed by atoms with Crippen LogP contribution in [0.25, 0.3) is 0 Å². The van der Waals surface area contributed by atoms with E-state index in [1.165, 1.54) is 12.1 Å². The van der Waals surface area contributed by atoms with Crippen molar-refractivity contribution in [3.63, 3.8) is 0 Å².